The normalized spacial score (nSPS) is 10.3. The molecular weight excluding hydrogens is 457 g/mol. The SMILES string of the molecule is CCOC(=S)SSc1ccc(Oc2ccc(SSC(=S)OCC)cc2)cc1. The summed E-state index contributed by atoms with van der Waals surface area (Å²) in [6, 6.07) is 15.7. The van der Waals surface area contributed by atoms with E-state index in [4.69, 9.17) is 38.6 Å². The number of ether oxygens (including phenoxy) is 3. The van der Waals surface area contributed by atoms with Gasteiger partial charge in [-0.25, -0.2) is 0 Å². The summed E-state index contributed by atoms with van der Waals surface area (Å²) in [7, 11) is 6.01. The van der Waals surface area contributed by atoms with Gasteiger partial charge < -0.3 is 14.2 Å². The molecule has 0 saturated carbocycles. The second kappa shape index (κ2) is 12.8. The summed E-state index contributed by atoms with van der Waals surface area (Å²) in [4.78, 5) is 2.17. The summed E-state index contributed by atoms with van der Waals surface area (Å²) in [5.74, 6) is 1.56. The minimum absolute atomic E-state index is 0.543. The van der Waals surface area contributed by atoms with Crippen molar-refractivity contribution in [3.05, 3.63) is 48.5 Å². The first-order chi connectivity index (χ1) is 13.1. The molecule has 0 saturated heterocycles. The van der Waals surface area contributed by atoms with Crippen molar-refractivity contribution in [2.24, 2.45) is 0 Å². The van der Waals surface area contributed by atoms with Crippen molar-refractivity contribution in [1.29, 1.82) is 0 Å². The number of thiocarbonyl (C=S) groups is 2. The molecule has 2 rings (SSSR count). The van der Waals surface area contributed by atoms with Crippen LogP contribution in [-0.2, 0) is 9.47 Å². The van der Waals surface area contributed by atoms with Crippen LogP contribution in [0.4, 0.5) is 0 Å². The lowest BCUT2D eigenvalue weighted by molar-refractivity contribution is 0.346. The van der Waals surface area contributed by atoms with E-state index in [-0.39, 0.29) is 0 Å². The zero-order chi connectivity index (χ0) is 19.5. The quantitative estimate of drug-likeness (QED) is 0.283. The van der Waals surface area contributed by atoms with Crippen LogP contribution in [0, 0.1) is 0 Å². The molecule has 0 heterocycles. The van der Waals surface area contributed by atoms with E-state index in [0.717, 1.165) is 21.3 Å². The number of hydrogen-bond acceptors (Lipinski definition) is 9. The van der Waals surface area contributed by atoms with Crippen LogP contribution in [0.1, 0.15) is 13.8 Å². The molecular formula is C18H18O3S6. The second-order valence-electron chi connectivity index (χ2n) is 4.74. The molecule has 0 aliphatic carbocycles. The third kappa shape index (κ3) is 8.97. The van der Waals surface area contributed by atoms with Gasteiger partial charge in [0, 0.05) is 9.79 Å². The van der Waals surface area contributed by atoms with E-state index in [1.165, 1.54) is 21.6 Å². The Morgan fingerprint density at radius 1 is 0.704 bits per heavy atom. The predicted octanol–water partition coefficient (Wildman–Crippen LogP) is 7.60. The first kappa shape index (κ1) is 22.7. The minimum Gasteiger partial charge on any atom is -0.478 e. The molecule has 0 fully saturated rings. The molecule has 0 aromatic heterocycles. The largest absolute Gasteiger partial charge is 0.478 e. The maximum atomic E-state index is 5.88. The van der Waals surface area contributed by atoms with Crippen molar-refractivity contribution in [3.8, 4) is 11.5 Å². The molecule has 0 atom stereocenters. The molecule has 0 aliphatic rings. The fourth-order valence-electron chi connectivity index (χ4n) is 1.71. The molecule has 144 valence electrons. The summed E-state index contributed by atoms with van der Waals surface area (Å²) in [6.07, 6.45) is 0. The van der Waals surface area contributed by atoms with Gasteiger partial charge in [0.2, 0.25) is 8.77 Å². The standard InChI is InChI=1S/C18H18O3S6/c1-3-19-17(22)26-24-15-9-5-13(6-10-15)21-14-7-11-16(12-8-14)25-27-18(23)20-4-2/h5-12H,3-4H2,1-2H3. The molecule has 0 spiro atoms. The number of benzene rings is 2. The fraction of sp³-hybridized carbons (Fsp3) is 0.222. The Balaban J connectivity index is 1.82. The molecule has 0 radical (unpaired) electrons. The van der Waals surface area contributed by atoms with Gasteiger partial charge in [0.1, 0.15) is 11.5 Å². The van der Waals surface area contributed by atoms with E-state index in [2.05, 4.69) is 0 Å². The maximum absolute atomic E-state index is 5.88. The molecule has 0 aliphatic heterocycles. The highest BCUT2D eigenvalue weighted by Gasteiger charge is 2.04. The van der Waals surface area contributed by atoms with Gasteiger partial charge in [0.05, 0.1) is 13.2 Å². The fourth-order valence-corrected chi connectivity index (χ4v) is 5.65. The third-order valence-electron chi connectivity index (χ3n) is 2.82. The van der Waals surface area contributed by atoms with E-state index in [0.29, 0.717) is 22.0 Å². The first-order valence-electron chi connectivity index (χ1n) is 8.01. The average Bonchev–Trinajstić information content (AvgIpc) is 2.67. The van der Waals surface area contributed by atoms with Gasteiger partial charge >= 0.3 is 0 Å². The van der Waals surface area contributed by atoms with Gasteiger partial charge in [0.25, 0.3) is 0 Å². The van der Waals surface area contributed by atoms with E-state index >= 15 is 0 Å². The van der Waals surface area contributed by atoms with Gasteiger partial charge in [0.15, 0.2) is 0 Å². The summed E-state index contributed by atoms with van der Waals surface area (Å²) in [5, 5.41) is 0. The highest BCUT2D eigenvalue weighted by atomic mass is 33.1. The molecule has 27 heavy (non-hydrogen) atoms. The van der Waals surface area contributed by atoms with Crippen LogP contribution in [0.3, 0.4) is 0 Å². The highest BCUT2D eigenvalue weighted by Crippen LogP contribution is 2.35. The van der Waals surface area contributed by atoms with Crippen LogP contribution in [0.2, 0.25) is 0 Å². The number of hydrogen-bond donors (Lipinski definition) is 0. The van der Waals surface area contributed by atoms with Crippen LogP contribution in [0.15, 0.2) is 58.3 Å². The summed E-state index contributed by atoms with van der Waals surface area (Å²) in [5.41, 5.74) is 0. The van der Waals surface area contributed by atoms with E-state index < -0.39 is 0 Å². The summed E-state index contributed by atoms with van der Waals surface area (Å²) < 4.78 is 17.5. The summed E-state index contributed by atoms with van der Waals surface area (Å²) in [6.45, 7) is 5.02. The smallest absolute Gasteiger partial charge is 0.231 e. The molecule has 0 amide bonds. The molecule has 0 bridgehead atoms. The Morgan fingerprint density at radius 3 is 1.41 bits per heavy atom. The molecule has 9 heteroatoms. The molecule has 2 aromatic rings. The zero-order valence-electron chi connectivity index (χ0n) is 14.7. The first-order valence-corrected chi connectivity index (χ1v) is 13.1. The van der Waals surface area contributed by atoms with Crippen LogP contribution in [-0.4, -0.2) is 22.0 Å². The molecule has 2 aromatic carbocycles. The Hall–Kier alpha value is -0.580. The van der Waals surface area contributed by atoms with Crippen molar-refractivity contribution in [2.45, 2.75) is 23.6 Å². The van der Waals surface area contributed by atoms with Crippen LogP contribution < -0.4 is 4.74 Å². The van der Waals surface area contributed by atoms with E-state index in [1.54, 1.807) is 21.6 Å². The van der Waals surface area contributed by atoms with Crippen molar-refractivity contribution in [2.75, 3.05) is 13.2 Å². The minimum atomic E-state index is 0.543. The lowest BCUT2D eigenvalue weighted by atomic mass is 10.3. The molecule has 0 unspecified atom stereocenters. The van der Waals surface area contributed by atoms with Crippen molar-refractivity contribution < 1.29 is 14.2 Å². The van der Waals surface area contributed by atoms with Crippen LogP contribution >= 0.6 is 67.6 Å². The Labute approximate surface area is 186 Å². The highest BCUT2D eigenvalue weighted by molar-refractivity contribution is 8.83. The van der Waals surface area contributed by atoms with Crippen molar-refractivity contribution >= 4 is 76.4 Å². The lowest BCUT2D eigenvalue weighted by Gasteiger charge is -2.08. The molecule has 0 N–H and O–H groups in total. The zero-order valence-corrected chi connectivity index (χ0v) is 19.6. The third-order valence-corrected chi connectivity index (χ3v) is 8.35. The maximum Gasteiger partial charge on any atom is 0.231 e. The summed E-state index contributed by atoms with van der Waals surface area (Å²) >= 11 is 10.2. The average molecular weight is 475 g/mol. The lowest BCUT2D eigenvalue weighted by Crippen LogP contribution is -1.93. The topological polar surface area (TPSA) is 27.7 Å². The van der Waals surface area contributed by atoms with Crippen molar-refractivity contribution in [1.82, 2.24) is 0 Å². The van der Waals surface area contributed by atoms with Gasteiger partial charge in [-0.2, -0.15) is 0 Å². The van der Waals surface area contributed by atoms with Crippen molar-refractivity contribution in [3.63, 3.8) is 0 Å². The number of rotatable bonds is 8. The van der Waals surface area contributed by atoms with Gasteiger partial charge in [-0.3, -0.25) is 0 Å². The van der Waals surface area contributed by atoms with E-state index in [1.807, 2.05) is 62.4 Å². The Bertz CT molecular complexity index is 670. The Kier molecular flexibility index (Phi) is 10.8. The Morgan fingerprint density at radius 2 is 1.07 bits per heavy atom. The van der Waals surface area contributed by atoms with Crippen LogP contribution in [0.5, 0.6) is 11.5 Å². The monoisotopic (exact) mass is 474 g/mol. The van der Waals surface area contributed by atoms with Gasteiger partial charge in [-0.15, -0.1) is 0 Å². The van der Waals surface area contributed by atoms with E-state index in [9.17, 15) is 0 Å². The van der Waals surface area contributed by atoms with Gasteiger partial charge in [-0.1, -0.05) is 0 Å². The predicted molar refractivity (Wildman–Crippen MR) is 128 cm³/mol. The molecule has 3 nitrogen and oxygen atoms in total. The van der Waals surface area contributed by atoms with Crippen LogP contribution in [0.25, 0.3) is 0 Å². The van der Waals surface area contributed by atoms with Gasteiger partial charge in [-0.05, 0) is 130 Å². The second-order valence-corrected chi connectivity index (χ2v) is 10.4.